The van der Waals surface area contributed by atoms with Crippen molar-refractivity contribution < 1.29 is 27.9 Å². The molecule has 0 saturated carbocycles. The molecular formula is C24H27F2N3O4. The molecule has 1 saturated heterocycles. The summed E-state index contributed by atoms with van der Waals surface area (Å²) in [7, 11) is 1.54. The van der Waals surface area contributed by atoms with Crippen molar-refractivity contribution in [3.8, 4) is 5.75 Å². The molecular weight excluding hydrogens is 432 g/mol. The largest absolute Gasteiger partial charge is 0.435 e. The fourth-order valence-electron chi connectivity index (χ4n) is 3.72. The quantitative estimate of drug-likeness (QED) is 0.581. The first-order valence-electron chi connectivity index (χ1n) is 10.6. The number of aryl methyl sites for hydroxylation is 1. The second kappa shape index (κ2) is 9.97. The highest BCUT2D eigenvalue weighted by Gasteiger charge is 2.49. The minimum atomic E-state index is -2.91. The lowest BCUT2D eigenvalue weighted by atomic mass is 9.91. The number of hydrogen-bond donors (Lipinski definition) is 1. The molecule has 0 aliphatic carbocycles. The van der Waals surface area contributed by atoms with E-state index in [9.17, 15) is 23.2 Å². The van der Waals surface area contributed by atoms with Crippen LogP contribution in [0.1, 0.15) is 37.0 Å². The van der Waals surface area contributed by atoms with Gasteiger partial charge in [-0.1, -0.05) is 49.7 Å². The van der Waals surface area contributed by atoms with Crippen molar-refractivity contribution in [1.29, 1.82) is 0 Å². The van der Waals surface area contributed by atoms with Crippen LogP contribution in [-0.4, -0.2) is 47.8 Å². The molecule has 0 radical (unpaired) electrons. The number of halogens is 2. The first-order chi connectivity index (χ1) is 15.6. The Morgan fingerprint density at radius 2 is 1.70 bits per heavy atom. The van der Waals surface area contributed by atoms with Crippen LogP contribution in [0.3, 0.4) is 0 Å². The van der Waals surface area contributed by atoms with Gasteiger partial charge in [0.1, 0.15) is 17.8 Å². The molecule has 9 heteroatoms. The highest BCUT2D eigenvalue weighted by Crippen LogP contribution is 2.29. The van der Waals surface area contributed by atoms with Gasteiger partial charge in [0.15, 0.2) is 0 Å². The number of hydrogen-bond acceptors (Lipinski definition) is 4. The van der Waals surface area contributed by atoms with Crippen LogP contribution in [0.5, 0.6) is 5.75 Å². The van der Waals surface area contributed by atoms with Crippen LogP contribution in [0.4, 0.5) is 13.6 Å². The Labute approximate surface area is 191 Å². The van der Waals surface area contributed by atoms with Crippen molar-refractivity contribution in [3.05, 3.63) is 65.2 Å². The number of carbonyl (C=O) groups is 3. The fourth-order valence-corrected chi connectivity index (χ4v) is 3.72. The predicted octanol–water partition coefficient (Wildman–Crippen LogP) is 3.67. The molecule has 1 atom stereocenters. The fraction of sp³-hybridized carbons (Fsp3) is 0.375. The van der Waals surface area contributed by atoms with Gasteiger partial charge in [-0.2, -0.15) is 8.78 Å². The Morgan fingerprint density at radius 1 is 1.09 bits per heavy atom. The van der Waals surface area contributed by atoms with Gasteiger partial charge in [-0.25, -0.2) is 4.79 Å². The van der Waals surface area contributed by atoms with Gasteiger partial charge in [0.05, 0.1) is 0 Å². The van der Waals surface area contributed by atoms with Gasteiger partial charge in [0, 0.05) is 13.6 Å². The first kappa shape index (κ1) is 24.2. The van der Waals surface area contributed by atoms with Crippen molar-refractivity contribution in [3.63, 3.8) is 0 Å². The number of benzene rings is 2. The molecule has 2 aromatic rings. The summed E-state index contributed by atoms with van der Waals surface area (Å²) in [6.07, 6.45) is 1.93. The zero-order valence-electron chi connectivity index (χ0n) is 18.8. The minimum Gasteiger partial charge on any atom is -0.435 e. The highest BCUT2D eigenvalue weighted by atomic mass is 19.3. The number of amides is 4. The van der Waals surface area contributed by atoms with E-state index in [4.69, 9.17) is 0 Å². The SMILES string of the molecule is CCCc1ccc(C2(C)NC(=O)N(CC(=O)N(C)Cc3ccc(OC(F)F)cc3)C2=O)cc1. The van der Waals surface area contributed by atoms with E-state index in [1.54, 1.807) is 19.1 Å². The van der Waals surface area contributed by atoms with E-state index >= 15 is 0 Å². The Morgan fingerprint density at radius 3 is 2.27 bits per heavy atom. The smallest absolute Gasteiger partial charge is 0.387 e. The standard InChI is InChI=1S/C24H27F2N3O4/c1-4-5-16-6-10-18(11-7-16)24(2)21(31)29(23(32)27-24)15-20(30)28(3)14-17-8-12-19(13-9-17)33-22(25)26/h6-13,22H,4-5,14-15H2,1-3H3,(H,27,32). The summed E-state index contributed by atoms with van der Waals surface area (Å²) in [5.41, 5.74) is 1.22. The average molecular weight is 459 g/mol. The van der Waals surface area contributed by atoms with Crippen molar-refractivity contribution in [2.45, 2.75) is 45.4 Å². The molecule has 33 heavy (non-hydrogen) atoms. The first-order valence-corrected chi connectivity index (χ1v) is 10.6. The lowest BCUT2D eigenvalue weighted by Gasteiger charge is -2.23. The van der Waals surface area contributed by atoms with E-state index in [1.165, 1.54) is 24.1 Å². The second-order valence-electron chi connectivity index (χ2n) is 8.17. The summed E-state index contributed by atoms with van der Waals surface area (Å²) in [5, 5.41) is 2.71. The Bertz CT molecular complexity index is 1010. The van der Waals surface area contributed by atoms with Gasteiger partial charge < -0.3 is 15.0 Å². The maximum atomic E-state index is 13.1. The topological polar surface area (TPSA) is 79.0 Å². The molecule has 1 N–H and O–H groups in total. The van der Waals surface area contributed by atoms with Crippen molar-refractivity contribution in [2.24, 2.45) is 0 Å². The molecule has 1 unspecified atom stereocenters. The van der Waals surface area contributed by atoms with Crippen LogP contribution in [0, 0.1) is 0 Å². The number of rotatable bonds is 9. The van der Waals surface area contributed by atoms with Crippen LogP contribution in [0.15, 0.2) is 48.5 Å². The number of ether oxygens (including phenoxy) is 1. The summed E-state index contributed by atoms with van der Waals surface area (Å²) in [6.45, 7) is 0.562. The summed E-state index contributed by atoms with van der Waals surface area (Å²) < 4.78 is 28.8. The molecule has 1 fully saturated rings. The predicted molar refractivity (Wildman–Crippen MR) is 118 cm³/mol. The summed E-state index contributed by atoms with van der Waals surface area (Å²) in [4.78, 5) is 40.6. The normalized spacial score (nSPS) is 17.9. The molecule has 0 aromatic heterocycles. The third kappa shape index (κ3) is 5.47. The van der Waals surface area contributed by atoms with Gasteiger partial charge in [-0.3, -0.25) is 14.5 Å². The lowest BCUT2D eigenvalue weighted by molar-refractivity contribution is -0.138. The van der Waals surface area contributed by atoms with Gasteiger partial charge in [0.25, 0.3) is 5.91 Å². The number of urea groups is 1. The third-order valence-electron chi connectivity index (χ3n) is 5.63. The zero-order chi connectivity index (χ0) is 24.2. The van der Waals surface area contributed by atoms with E-state index < -0.39 is 36.5 Å². The average Bonchev–Trinajstić information content (AvgIpc) is 2.99. The van der Waals surface area contributed by atoms with Crippen LogP contribution in [-0.2, 0) is 28.1 Å². The van der Waals surface area contributed by atoms with E-state index in [-0.39, 0.29) is 12.3 Å². The minimum absolute atomic E-state index is 0.0177. The van der Waals surface area contributed by atoms with Crippen molar-refractivity contribution >= 4 is 17.8 Å². The van der Waals surface area contributed by atoms with Crippen LogP contribution in [0.2, 0.25) is 0 Å². The molecule has 7 nitrogen and oxygen atoms in total. The molecule has 0 spiro atoms. The lowest BCUT2D eigenvalue weighted by Crippen LogP contribution is -2.43. The monoisotopic (exact) mass is 459 g/mol. The molecule has 0 bridgehead atoms. The maximum absolute atomic E-state index is 13.1. The molecule has 1 aliphatic heterocycles. The van der Waals surface area contributed by atoms with Crippen molar-refractivity contribution in [2.75, 3.05) is 13.6 Å². The van der Waals surface area contributed by atoms with E-state index in [0.717, 1.165) is 23.3 Å². The van der Waals surface area contributed by atoms with Crippen LogP contribution >= 0.6 is 0 Å². The van der Waals surface area contributed by atoms with Gasteiger partial charge in [-0.05, 0) is 42.2 Å². The zero-order valence-corrected chi connectivity index (χ0v) is 18.8. The van der Waals surface area contributed by atoms with E-state index in [2.05, 4.69) is 17.0 Å². The number of imide groups is 1. The Kier molecular flexibility index (Phi) is 7.30. The number of carbonyl (C=O) groups excluding carboxylic acids is 3. The third-order valence-corrected chi connectivity index (χ3v) is 5.63. The molecule has 176 valence electrons. The van der Waals surface area contributed by atoms with Crippen LogP contribution < -0.4 is 10.1 Å². The summed E-state index contributed by atoms with van der Waals surface area (Å²) in [6, 6.07) is 12.8. The molecule has 4 amide bonds. The van der Waals surface area contributed by atoms with E-state index in [1.807, 2.05) is 24.3 Å². The Hall–Kier alpha value is -3.49. The van der Waals surface area contributed by atoms with Gasteiger partial charge in [-0.15, -0.1) is 0 Å². The number of likely N-dealkylation sites (N-methyl/N-ethyl adjacent to an activating group) is 1. The number of alkyl halides is 2. The molecule has 1 heterocycles. The van der Waals surface area contributed by atoms with Gasteiger partial charge >= 0.3 is 12.6 Å². The van der Waals surface area contributed by atoms with Crippen molar-refractivity contribution in [1.82, 2.24) is 15.1 Å². The van der Waals surface area contributed by atoms with Gasteiger partial charge in [0.2, 0.25) is 5.91 Å². The maximum Gasteiger partial charge on any atom is 0.387 e. The molecule has 1 aliphatic rings. The van der Waals surface area contributed by atoms with E-state index in [0.29, 0.717) is 11.1 Å². The van der Waals surface area contributed by atoms with Crippen LogP contribution in [0.25, 0.3) is 0 Å². The summed E-state index contributed by atoms with van der Waals surface area (Å²) in [5.74, 6) is -0.913. The number of nitrogens with one attached hydrogen (secondary N) is 1. The molecule has 2 aromatic carbocycles. The highest BCUT2D eigenvalue weighted by molar-refractivity contribution is 6.09. The summed E-state index contributed by atoms with van der Waals surface area (Å²) >= 11 is 0. The number of nitrogens with zero attached hydrogens (tertiary/aromatic N) is 2. The second-order valence-corrected chi connectivity index (χ2v) is 8.17. The molecule has 3 rings (SSSR count). The Balaban J connectivity index is 1.64.